The summed E-state index contributed by atoms with van der Waals surface area (Å²) in [6.07, 6.45) is 2.82. The van der Waals surface area contributed by atoms with E-state index >= 15 is 0 Å². The molecule has 1 aliphatic heterocycles. The molecule has 0 spiro atoms. The van der Waals surface area contributed by atoms with E-state index in [2.05, 4.69) is 6.58 Å². The number of hydrogen-bond donors (Lipinski definition) is 2. The highest BCUT2D eigenvalue weighted by Gasteiger charge is 2.54. The molecule has 27 heavy (non-hydrogen) atoms. The fraction of sp³-hybridized carbons (Fsp3) is 0.476. The van der Waals surface area contributed by atoms with Crippen LogP contribution < -0.4 is 10.5 Å². The van der Waals surface area contributed by atoms with Crippen LogP contribution in [0, 0.1) is 5.92 Å². The molecule has 6 heteroatoms. The highest BCUT2D eigenvalue weighted by atomic mass is 16.6. The number of carbonyl (C=O) groups is 1. The summed E-state index contributed by atoms with van der Waals surface area (Å²) >= 11 is 0. The lowest BCUT2D eigenvalue weighted by Crippen LogP contribution is -2.65. The summed E-state index contributed by atoms with van der Waals surface area (Å²) in [5.74, 6) is 0.333. The molecule has 3 N–H and O–H groups in total. The van der Waals surface area contributed by atoms with E-state index in [-0.39, 0.29) is 19.1 Å². The first-order valence-electron chi connectivity index (χ1n) is 9.05. The van der Waals surface area contributed by atoms with Gasteiger partial charge < -0.3 is 25.1 Å². The molecule has 3 rings (SSSR count). The van der Waals surface area contributed by atoms with E-state index < -0.39 is 23.4 Å². The Morgan fingerprint density at radius 1 is 1.41 bits per heavy atom. The maximum Gasteiger partial charge on any atom is 0.405 e. The Kier molecular flexibility index (Phi) is 5.06. The Labute approximate surface area is 159 Å². The SMILES string of the molecule is C=C1C=Cc2ccc(OCC3(OC(N)=O)COC(C)(C)C(C)C3O)cc2C1. The van der Waals surface area contributed by atoms with Gasteiger partial charge in [-0.1, -0.05) is 37.3 Å². The highest BCUT2D eigenvalue weighted by Crippen LogP contribution is 2.38. The third kappa shape index (κ3) is 3.87. The van der Waals surface area contributed by atoms with Crippen molar-refractivity contribution in [2.24, 2.45) is 11.7 Å². The monoisotopic (exact) mass is 373 g/mol. The standard InChI is InChI=1S/C21H27NO5/c1-13-5-6-15-7-8-17(10-16(15)9-13)25-11-21(27-19(22)24)12-26-20(3,4)14(2)18(21)23/h5-8,10,14,18,23H,1,9,11-12H2,2-4H3,(H2,22,24). The van der Waals surface area contributed by atoms with Crippen molar-refractivity contribution < 1.29 is 24.1 Å². The molecule has 1 aliphatic carbocycles. The van der Waals surface area contributed by atoms with Crippen LogP contribution in [-0.2, 0) is 15.9 Å². The lowest BCUT2D eigenvalue weighted by Gasteiger charge is -2.49. The molecule has 2 aliphatic rings. The van der Waals surface area contributed by atoms with Gasteiger partial charge in [0.15, 0.2) is 5.60 Å². The number of primary amides is 1. The lowest BCUT2D eigenvalue weighted by molar-refractivity contribution is -0.244. The van der Waals surface area contributed by atoms with Crippen LogP contribution in [0.1, 0.15) is 31.9 Å². The number of carbonyl (C=O) groups excluding carboxylic acids is 1. The third-order valence-electron chi connectivity index (χ3n) is 5.62. The maximum atomic E-state index is 11.5. The van der Waals surface area contributed by atoms with Gasteiger partial charge in [-0.3, -0.25) is 0 Å². The average molecular weight is 373 g/mol. The van der Waals surface area contributed by atoms with Gasteiger partial charge in [0.1, 0.15) is 18.5 Å². The van der Waals surface area contributed by atoms with Gasteiger partial charge in [-0.05, 0) is 43.5 Å². The maximum absolute atomic E-state index is 11.5. The Hall–Kier alpha value is -2.31. The molecule has 3 atom stereocenters. The Morgan fingerprint density at radius 2 is 2.15 bits per heavy atom. The minimum atomic E-state index is -1.36. The van der Waals surface area contributed by atoms with E-state index in [1.54, 1.807) is 0 Å². The van der Waals surface area contributed by atoms with Crippen LogP contribution in [0.4, 0.5) is 4.79 Å². The first kappa shape index (κ1) is 19.5. The smallest absolute Gasteiger partial charge is 0.405 e. The van der Waals surface area contributed by atoms with Gasteiger partial charge in [-0.2, -0.15) is 0 Å². The van der Waals surface area contributed by atoms with Crippen molar-refractivity contribution >= 4 is 12.2 Å². The molecule has 1 saturated heterocycles. The minimum absolute atomic E-state index is 0.00106. The fourth-order valence-electron chi connectivity index (χ4n) is 3.51. The van der Waals surface area contributed by atoms with Crippen LogP contribution >= 0.6 is 0 Å². The van der Waals surface area contributed by atoms with Gasteiger partial charge >= 0.3 is 6.09 Å². The van der Waals surface area contributed by atoms with Crippen LogP contribution in [0.3, 0.4) is 0 Å². The minimum Gasteiger partial charge on any atom is -0.489 e. The number of aliphatic hydroxyl groups is 1. The topological polar surface area (TPSA) is 91.0 Å². The van der Waals surface area contributed by atoms with Crippen LogP contribution in [0.2, 0.25) is 0 Å². The fourth-order valence-corrected chi connectivity index (χ4v) is 3.51. The highest BCUT2D eigenvalue weighted by molar-refractivity contribution is 5.65. The van der Waals surface area contributed by atoms with E-state index in [0.29, 0.717) is 5.75 Å². The second kappa shape index (κ2) is 7.02. The molecule has 146 valence electrons. The summed E-state index contributed by atoms with van der Waals surface area (Å²) in [5.41, 5.74) is 6.60. The van der Waals surface area contributed by atoms with Crippen molar-refractivity contribution in [3.63, 3.8) is 0 Å². The van der Waals surface area contributed by atoms with Crippen molar-refractivity contribution in [1.29, 1.82) is 0 Å². The van der Waals surface area contributed by atoms with Crippen molar-refractivity contribution in [1.82, 2.24) is 0 Å². The molecule has 3 unspecified atom stereocenters. The molecular weight excluding hydrogens is 346 g/mol. The quantitative estimate of drug-likeness (QED) is 0.847. The summed E-state index contributed by atoms with van der Waals surface area (Å²) in [5, 5.41) is 10.9. The predicted molar refractivity (Wildman–Crippen MR) is 102 cm³/mol. The lowest BCUT2D eigenvalue weighted by atomic mass is 9.77. The number of fused-ring (bicyclic) bond motifs is 1. The second-order valence-corrected chi connectivity index (χ2v) is 7.93. The van der Waals surface area contributed by atoms with Crippen molar-refractivity contribution in [3.8, 4) is 5.75 Å². The average Bonchev–Trinajstić information content (AvgIpc) is 2.61. The second-order valence-electron chi connectivity index (χ2n) is 7.93. The Morgan fingerprint density at radius 3 is 2.85 bits per heavy atom. The number of nitrogens with two attached hydrogens (primary N) is 1. The molecule has 0 bridgehead atoms. The largest absolute Gasteiger partial charge is 0.489 e. The van der Waals surface area contributed by atoms with E-state index in [9.17, 15) is 9.90 Å². The van der Waals surface area contributed by atoms with Gasteiger partial charge in [0.2, 0.25) is 0 Å². The van der Waals surface area contributed by atoms with Crippen LogP contribution in [0.5, 0.6) is 5.75 Å². The molecule has 0 saturated carbocycles. The van der Waals surface area contributed by atoms with E-state index in [4.69, 9.17) is 19.9 Å². The first-order valence-corrected chi connectivity index (χ1v) is 9.05. The molecule has 1 aromatic rings. The molecule has 6 nitrogen and oxygen atoms in total. The third-order valence-corrected chi connectivity index (χ3v) is 5.62. The molecule has 0 aromatic heterocycles. The Balaban J connectivity index is 1.80. The van der Waals surface area contributed by atoms with Crippen molar-refractivity contribution in [3.05, 3.63) is 47.6 Å². The Bertz CT molecular complexity index is 785. The zero-order chi connectivity index (χ0) is 19.8. The van der Waals surface area contributed by atoms with Gasteiger partial charge in [0, 0.05) is 5.92 Å². The molecule has 1 fully saturated rings. The number of rotatable bonds is 4. The van der Waals surface area contributed by atoms with Crippen LogP contribution in [-0.4, -0.2) is 41.7 Å². The zero-order valence-corrected chi connectivity index (χ0v) is 16.0. The van der Waals surface area contributed by atoms with Gasteiger partial charge in [0.05, 0.1) is 12.2 Å². The molecule has 1 heterocycles. The summed E-state index contributed by atoms with van der Waals surface area (Å²) < 4.78 is 17.1. The molecule has 1 amide bonds. The number of hydrogen-bond acceptors (Lipinski definition) is 5. The van der Waals surface area contributed by atoms with Gasteiger partial charge in [-0.15, -0.1) is 0 Å². The van der Waals surface area contributed by atoms with Crippen molar-refractivity contribution in [2.75, 3.05) is 13.2 Å². The number of amides is 1. The zero-order valence-electron chi connectivity index (χ0n) is 16.0. The number of aliphatic hydroxyl groups excluding tert-OH is 1. The van der Waals surface area contributed by atoms with Gasteiger partial charge in [0.25, 0.3) is 0 Å². The predicted octanol–water partition coefficient (Wildman–Crippen LogP) is 2.83. The summed E-state index contributed by atoms with van der Waals surface area (Å²) in [6.45, 7) is 9.55. The summed E-state index contributed by atoms with van der Waals surface area (Å²) in [4.78, 5) is 11.5. The summed E-state index contributed by atoms with van der Waals surface area (Å²) in [7, 11) is 0. The molecule has 1 aromatic carbocycles. The first-order chi connectivity index (χ1) is 12.6. The number of allylic oxidation sites excluding steroid dienone is 2. The van der Waals surface area contributed by atoms with Crippen molar-refractivity contribution in [2.45, 2.75) is 44.5 Å². The van der Waals surface area contributed by atoms with Crippen LogP contribution in [0.15, 0.2) is 36.4 Å². The van der Waals surface area contributed by atoms with Crippen LogP contribution in [0.25, 0.3) is 6.08 Å². The van der Waals surface area contributed by atoms with Gasteiger partial charge in [-0.25, -0.2) is 4.79 Å². The van der Waals surface area contributed by atoms with E-state index in [0.717, 1.165) is 23.1 Å². The number of benzene rings is 1. The molecule has 0 radical (unpaired) electrons. The van der Waals surface area contributed by atoms with E-state index in [1.165, 1.54) is 0 Å². The van der Waals surface area contributed by atoms with E-state index in [1.807, 2.05) is 51.1 Å². The summed E-state index contributed by atoms with van der Waals surface area (Å²) in [6, 6.07) is 5.75. The molecular formula is C21H27NO5. The normalized spacial score (nSPS) is 29.1. The number of ether oxygens (including phenoxy) is 3.